The molecule has 0 aliphatic heterocycles. The van der Waals surface area contributed by atoms with Gasteiger partial charge in [-0.15, -0.1) is 0 Å². The zero-order valence-corrected chi connectivity index (χ0v) is 7.58. The van der Waals surface area contributed by atoms with Gasteiger partial charge in [0.15, 0.2) is 0 Å². The fourth-order valence-corrected chi connectivity index (χ4v) is 1.62. The molecule has 1 fully saturated rings. The highest BCUT2D eigenvalue weighted by atomic mass is 16.4. The van der Waals surface area contributed by atoms with E-state index >= 15 is 0 Å². The average Bonchev–Trinajstić information content (AvgIpc) is 2.03. The largest absolute Gasteiger partial charge is 0.481 e. The molecule has 1 aliphatic rings. The number of Topliss-reactive ketones (excluding diaryl/α,β-unsaturated/α-hetero) is 1. The first-order valence-electron chi connectivity index (χ1n) is 4.42. The van der Waals surface area contributed by atoms with Crippen molar-refractivity contribution in [1.82, 2.24) is 0 Å². The minimum Gasteiger partial charge on any atom is -0.481 e. The van der Waals surface area contributed by atoms with Gasteiger partial charge in [0, 0.05) is 19.3 Å². The number of carboxylic acid groups (broad SMARTS) is 1. The number of hydrogen-bond donors (Lipinski definition) is 1. The van der Waals surface area contributed by atoms with E-state index in [9.17, 15) is 9.59 Å². The van der Waals surface area contributed by atoms with E-state index in [1.165, 1.54) is 0 Å². The average molecular weight is 188 g/mol. The third-order valence-electron chi connectivity index (χ3n) is 2.43. The van der Waals surface area contributed by atoms with Gasteiger partial charge < -0.3 is 10.6 Å². The summed E-state index contributed by atoms with van der Waals surface area (Å²) in [6, 6.07) is 0. The Morgan fingerprint density at radius 2 is 1.92 bits per heavy atom. The molecule has 0 unspecified atom stereocenters. The Morgan fingerprint density at radius 1 is 1.38 bits per heavy atom. The van der Waals surface area contributed by atoms with Crippen LogP contribution in [0.5, 0.6) is 0 Å². The van der Waals surface area contributed by atoms with Gasteiger partial charge in [0.2, 0.25) is 0 Å². The van der Waals surface area contributed by atoms with Gasteiger partial charge in [0.05, 0.1) is 0 Å². The fraction of sp³-hybridized carbons (Fsp3) is 0.778. The first-order chi connectivity index (χ1) is 5.68. The number of aliphatic carboxylic acids is 1. The minimum atomic E-state index is -0.730. The van der Waals surface area contributed by atoms with E-state index in [2.05, 4.69) is 0 Å². The van der Waals surface area contributed by atoms with Gasteiger partial charge in [0.1, 0.15) is 5.78 Å². The van der Waals surface area contributed by atoms with E-state index in [-0.39, 0.29) is 11.9 Å². The molecule has 1 saturated carbocycles. The van der Waals surface area contributed by atoms with E-state index in [0.717, 1.165) is 19.3 Å². The standard InChI is InChI=1S/C9H14O3.H2O/c10-8-4-1-7(2-5-8)3-6-9(11)12;/h7H,1-6H2,(H,11,12);1H2. The summed E-state index contributed by atoms with van der Waals surface area (Å²) in [5.74, 6) is 0.0762. The third-order valence-corrected chi connectivity index (χ3v) is 2.43. The van der Waals surface area contributed by atoms with Crippen LogP contribution < -0.4 is 0 Å². The maximum Gasteiger partial charge on any atom is 0.303 e. The summed E-state index contributed by atoms with van der Waals surface area (Å²) in [5.41, 5.74) is 0. The molecule has 3 N–H and O–H groups in total. The van der Waals surface area contributed by atoms with Crippen molar-refractivity contribution >= 4 is 11.8 Å². The number of carbonyl (C=O) groups is 2. The Kier molecular flexibility index (Phi) is 5.30. The lowest BCUT2D eigenvalue weighted by atomic mass is 9.85. The molecule has 0 atom stereocenters. The highest BCUT2D eigenvalue weighted by Crippen LogP contribution is 2.25. The first kappa shape index (κ1) is 12.1. The van der Waals surface area contributed by atoms with Gasteiger partial charge in [0.25, 0.3) is 0 Å². The molecule has 0 radical (unpaired) electrons. The summed E-state index contributed by atoms with van der Waals surface area (Å²) >= 11 is 0. The van der Waals surface area contributed by atoms with E-state index in [0.29, 0.717) is 24.5 Å². The zero-order valence-electron chi connectivity index (χ0n) is 7.58. The minimum absolute atomic E-state index is 0. The lowest BCUT2D eigenvalue weighted by Gasteiger charge is -2.19. The summed E-state index contributed by atoms with van der Waals surface area (Å²) in [4.78, 5) is 21.1. The Bertz CT molecular complexity index is 178. The van der Waals surface area contributed by atoms with E-state index < -0.39 is 5.97 Å². The second-order valence-corrected chi connectivity index (χ2v) is 3.41. The van der Waals surface area contributed by atoms with Gasteiger partial charge in [-0.25, -0.2) is 0 Å². The summed E-state index contributed by atoms with van der Waals surface area (Å²) in [7, 11) is 0. The molecule has 1 aliphatic carbocycles. The summed E-state index contributed by atoms with van der Waals surface area (Å²) in [6.45, 7) is 0. The topological polar surface area (TPSA) is 85.9 Å². The van der Waals surface area contributed by atoms with Gasteiger partial charge in [-0.2, -0.15) is 0 Å². The molecular formula is C9H16O4. The van der Waals surface area contributed by atoms with Gasteiger partial charge in [-0.1, -0.05) is 0 Å². The number of hydrogen-bond acceptors (Lipinski definition) is 2. The SMILES string of the molecule is O.O=C(O)CCC1CCC(=O)CC1. The number of rotatable bonds is 3. The molecule has 0 amide bonds. The van der Waals surface area contributed by atoms with Crippen molar-refractivity contribution in [3.63, 3.8) is 0 Å². The van der Waals surface area contributed by atoms with Crippen molar-refractivity contribution < 1.29 is 20.2 Å². The summed E-state index contributed by atoms with van der Waals surface area (Å²) < 4.78 is 0. The molecule has 0 heterocycles. The number of ketones is 1. The normalized spacial score (nSPS) is 18.0. The highest BCUT2D eigenvalue weighted by molar-refractivity contribution is 5.79. The van der Waals surface area contributed by atoms with E-state index in [4.69, 9.17) is 5.11 Å². The Morgan fingerprint density at radius 3 is 2.38 bits per heavy atom. The Hall–Kier alpha value is -0.900. The van der Waals surface area contributed by atoms with Crippen LogP contribution in [-0.2, 0) is 9.59 Å². The third kappa shape index (κ3) is 4.62. The molecule has 4 nitrogen and oxygen atoms in total. The van der Waals surface area contributed by atoms with Gasteiger partial charge in [-0.05, 0) is 25.2 Å². The van der Waals surface area contributed by atoms with Crippen LogP contribution in [0.4, 0.5) is 0 Å². The quantitative estimate of drug-likeness (QED) is 0.710. The van der Waals surface area contributed by atoms with Crippen molar-refractivity contribution in [2.24, 2.45) is 5.92 Å². The predicted molar refractivity (Wildman–Crippen MR) is 47.4 cm³/mol. The van der Waals surface area contributed by atoms with Crippen LogP contribution >= 0.6 is 0 Å². The molecule has 0 aromatic heterocycles. The molecule has 1 rings (SSSR count). The zero-order chi connectivity index (χ0) is 8.97. The van der Waals surface area contributed by atoms with E-state index in [1.54, 1.807) is 0 Å². The maximum atomic E-state index is 10.8. The predicted octanol–water partition coefficient (Wildman–Crippen LogP) is 0.786. The highest BCUT2D eigenvalue weighted by Gasteiger charge is 2.18. The molecular weight excluding hydrogens is 172 g/mol. The second kappa shape index (κ2) is 5.70. The lowest BCUT2D eigenvalue weighted by Crippen LogP contribution is -2.14. The molecule has 0 aromatic rings. The Balaban J connectivity index is 0.00000144. The molecule has 0 spiro atoms. The van der Waals surface area contributed by atoms with Crippen LogP contribution in [-0.4, -0.2) is 22.3 Å². The van der Waals surface area contributed by atoms with Crippen LogP contribution in [0.3, 0.4) is 0 Å². The number of carboxylic acids is 1. The first-order valence-corrected chi connectivity index (χ1v) is 4.42. The van der Waals surface area contributed by atoms with Crippen molar-refractivity contribution in [3.05, 3.63) is 0 Å². The number of carbonyl (C=O) groups excluding carboxylic acids is 1. The van der Waals surface area contributed by atoms with Crippen molar-refractivity contribution in [3.8, 4) is 0 Å². The molecule has 4 heteroatoms. The lowest BCUT2D eigenvalue weighted by molar-refractivity contribution is -0.137. The molecule has 76 valence electrons. The fourth-order valence-electron chi connectivity index (χ4n) is 1.62. The van der Waals surface area contributed by atoms with Crippen LogP contribution in [0, 0.1) is 5.92 Å². The van der Waals surface area contributed by atoms with Crippen LogP contribution in [0.25, 0.3) is 0 Å². The smallest absolute Gasteiger partial charge is 0.303 e. The monoisotopic (exact) mass is 188 g/mol. The molecule has 0 aromatic carbocycles. The van der Waals surface area contributed by atoms with Crippen LogP contribution in [0.2, 0.25) is 0 Å². The Labute approximate surface area is 77.3 Å². The second-order valence-electron chi connectivity index (χ2n) is 3.41. The van der Waals surface area contributed by atoms with E-state index in [1.807, 2.05) is 0 Å². The summed E-state index contributed by atoms with van der Waals surface area (Å²) in [6.07, 6.45) is 4.09. The molecule has 0 bridgehead atoms. The summed E-state index contributed by atoms with van der Waals surface area (Å²) in [5, 5.41) is 8.43. The van der Waals surface area contributed by atoms with Crippen LogP contribution in [0.1, 0.15) is 38.5 Å². The van der Waals surface area contributed by atoms with Gasteiger partial charge in [-0.3, -0.25) is 9.59 Å². The molecule has 13 heavy (non-hydrogen) atoms. The van der Waals surface area contributed by atoms with Crippen molar-refractivity contribution in [1.29, 1.82) is 0 Å². The van der Waals surface area contributed by atoms with Crippen LogP contribution in [0.15, 0.2) is 0 Å². The van der Waals surface area contributed by atoms with Crippen molar-refractivity contribution in [2.75, 3.05) is 0 Å². The van der Waals surface area contributed by atoms with Crippen molar-refractivity contribution in [2.45, 2.75) is 38.5 Å². The van der Waals surface area contributed by atoms with Gasteiger partial charge >= 0.3 is 5.97 Å². The maximum absolute atomic E-state index is 10.8. The molecule has 0 saturated heterocycles.